The fourth-order valence-corrected chi connectivity index (χ4v) is 2.17. The van der Waals surface area contributed by atoms with Crippen LogP contribution >= 0.6 is 15.9 Å². The first-order valence-electron chi connectivity index (χ1n) is 5.99. The molecule has 4 nitrogen and oxygen atoms in total. The van der Waals surface area contributed by atoms with Crippen LogP contribution in [0.2, 0.25) is 0 Å². The van der Waals surface area contributed by atoms with Gasteiger partial charge in [0.2, 0.25) is 0 Å². The monoisotopic (exact) mass is 334 g/mol. The molecule has 0 saturated carbocycles. The Morgan fingerprint density at radius 1 is 1.05 bits per heavy atom. The Morgan fingerprint density at radius 3 is 2.40 bits per heavy atom. The van der Waals surface area contributed by atoms with Crippen molar-refractivity contribution in [1.82, 2.24) is 0 Å². The number of nitrogens with zero attached hydrogens (tertiary/aromatic N) is 1. The van der Waals surface area contributed by atoms with Gasteiger partial charge in [0.25, 0.3) is 0 Å². The van der Waals surface area contributed by atoms with Gasteiger partial charge < -0.3 is 9.47 Å². The van der Waals surface area contributed by atoms with E-state index in [0.29, 0.717) is 0 Å². The quantitative estimate of drug-likeness (QED) is 0.665. The third kappa shape index (κ3) is 3.74. The molecule has 0 aliphatic carbocycles. The van der Waals surface area contributed by atoms with E-state index in [2.05, 4.69) is 26.5 Å². The van der Waals surface area contributed by atoms with E-state index in [4.69, 9.17) is 9.47 Å². The van der Waals surface area contributed by atoms with Crippen molar-refractivity contribution >= 4 is 27.8 Å². The highest BCUT2D eigenvalue weighted by atomic mass is 79.9. The van der Waals surface area contributed by atoms with E-state index in [0.717, 1.165) is 27.2 Å². The highest BCUT2D eigenvalue weighted by Crippen LogP contribution is 2.24. The van der Waals surface area contributed by atoms with Gasteiger partial charge in [0, 0.05) is 0 Å². The van der Waals surface area contributed by atoms with Crippen LogP contribution in [0.4, 0.5) is 5.69 Å². The summed E-state index contributed by atoms with van der Waals surface area (Å²) in [7, 11) is 3.28. The lowest BCUT2D eigenvalue weighted by molar-refractivity contribution is 0.412. The number of benzene rings is 2. The SMILES string of the molecule is COc1ccc(N/N=C/c2ccc(OC)c(Br)c2)cc1. The molecule has 0 radical (unpaired) electrons. The first-order valence-corrected chi connectivity index (χ1v) is 6.79. The van der Waals surface area contributed by atoms with Gasteiger partial charge in [-0.05, 0) is 64.0 Å². The fraction of sp³-hybridized carbons (Fsp3) is 0.133. The zero-order valence-electron chi connectivity index (χ0n) is 11.3. The summed E-state index contributed by atoms with van der Waals surface area (Å²) in [6, 6.07) is 13.3. The maximum absolute atomic E-state index is 5.18. The second-order valence-electron chi connectivity index (χ2n) is 3.99. The van der Waals surface area contributed by atoms with Crippen molar-refractivity contribution in [2.24, 2.45) is 5.10 Å². The Hall–Kier alpha value is -2.01. The van der Waals surface area contributed by atoms with Gasteiger partial charge in [-0.1, -0.05) is 0 Å². The molecule has 104 valence electrons. The van der Waals surface area contributed by atoms with Gasteiger partial charge in [-0.3, -0.25) is 5.43 Å². The minimum atomic E-state index is 0.797. The van der Waals surface area contributed by atoms with Crippen LogP contribution in [0.5, 0.6) is 11.5 Å². The van der Waals surface area contributed by atoms with Crippen LogP contribution in [0.3, 0.4) is 0 Å². The van der Waals surface area contributed by atoms with Crippen LogP contribution in [0, 0.1) is 0 Å². The van der Waals surface area contributed by atoms with Crippen molar-refractivity contribution in [2.75, 3.05) is 19.6 Å². The molecule has 1 N–H and O–H groups in total. The van der Waals surface area contributed by atoms with Crippen LogP contribution in [0.15, 0.2) is 52.0 Å². The molecule has 0 atom stereocenters. The predicted molar refractivity (Wildman–Crippen MR) is 84.9 cm³/mol. The Balaban J connectivity index is 2.00. The number of halogens is 1. The summed E-state index contributed by atoms with van der Waals surface area (Å²) in [6.45, 7) is 0. The van der Waals surface area contributed by atoms with Crippen molar-refractivity contribution in [3.63, 3.8) is 0 Å². The standard InChI is InChI=1S/C15H15BrN2O2/c1-19-13-6-4-12(5-7-13)18-17-10-11-3-8-15(20-2)14(16)9-11/h3-10,18H,1-2H3/b17-10+. The molecule has 20 heavy (non-hydrogen) atoms. The number of rotatable bonds is 5. The van der Waals surface area contributed by atoms with Crippen LogP contribution in [-0.2, 0) is 0 Å². The lowest BCUT2D eigenvalue weighted by Crippen LogP contribution is -1.92. The zero-order valence-corrected chi connectivity index (χ0v) is 12.8. The molecule has 2 aromatic carbocycles. The van der Waals surface area contributed by atoms with Gasteiger partial charge in [-0.25, -0.2) is 0 Å². The van der Waals surface area contributed by atoms with E-state index < -0.39 is 0 Å². The molecule has 0 fully saturated rings. The lowest BCUT2D eigenvalue weighted by Gasteiger charge is -2.04. The van der Waals surface area contributed by atoms with Crippen molar-refractivity contribution in [2.45, 2.75) is 0 Å². The van der Waals surface area contributed by atoms with Crippen molar-refractivity contribution in [1.29, 1.82) is 0 Å². The molecular weight excluding hydrogens is 320 g/mol. The van der Waals surface area contributed by atoms with Gasteiger partial charge in [-0.2, -0.15) is 5.10 Å². The highest BCUT2D eigenvalue weighted by Gasteiger charge is 1.99. The van der Waals surface area contributed by atoms with Crippen molar-refractivity contribution in [3.05, 3.63) is 52.5 Å². The Kier molecular flexibility index (Phi) is 5.01. The molecule has 0 amide bonds. The minimum Gasteiger partial charge on any atom is -0.497 e. The van der Waals surface area contributed by atoms with Crippen LogP contribution in [-0.4, -0.2) is 20.4 Å². The Morgan fingerprint density at radius 2 is 1.80 bits per heavy atom. The van der Waals surface area contributed by atoms with Gasteiger partial charge in [0.05, 0.1) is 30.6 Å². The van der Waals surface area contributed by atoms with Crippen LogP contribution in [0.1, 0.15) is 5.56 Å². The topological polar surface area (TPSA) is 42.8 Å². The average molecular weight is 335 g/mol. The third-order valence-corrected chi connectivity index (χ3v) is 3.29. The summed E-state index contributed by atoms with van der Waals surface area (Å²) in [5, 5.41) is 4.19. The van der Waals surface area contributed by atoms with E-state index >= 15 is 0 Å². The largest absolute Gasteiger partial charge is 0.497 e. The summed E-state index contributed by atoms with van der Waals surface area (Å²) in [4.78, 5) is 0. The maximum Gasteiger partial charge on any atom is 0.133 e. The molecule has 0 saturated heterocycles. The normalized spacial score (nSPS) is 10.6. The van der Waals surface area contributed by atoms with Gasteiger partial charge in [0.1, 0.15) is 11.5 Å². The summed E-state index contributed by atoms with van der Waals surface area (Å²) in [5.41, 5.74) is 4.83. The predicted octanol–water partition coefficient (Wildman–Crippen LogP) is 3.91. The number of ether oxygens (including phenoxy) is 2. The summed E-state index contributed by atoms with van der Waals surface area (Å²) < 4.78 is 11.2. The molecule has 0 unspecified atom stereocenters. The zero-order chi connectivity index (χ0) is 14.4. The lowest BCUT2D eigenvalue weighted by atomic mass is 10.2. The summed E-state index contributed by atoms with van der Waals surface area (Å²) >= 11 is 3.44. The highest BCUT2D eigenvalue weighted by molar-refractivity contribution is 9.10. The summed E-state index contributed by atoms with van der Waals surface area (Å²) in [5.74, 6) is 1.61. The molecule has 0 heterocycles. The second kappa shape index (κ2) is 6.96. The number of hydrogen-bond acceptors (Lipinski definition) is 4. The van der Waals surface area contributed by atoms with Crippen LogP contribution < -0.4 is 14.9 Å². The molecule has 0 spiro atoms. The van der Waals surface area contributed by atoms with Crippen molar-refractivity contribution < 1.29 is 9.47 Å². The first kappa shape index (κ1) is 14.4. The molecular formula is C15H15BrN2O2. The fourth-order valence-electron chi connectivity index (χ4n) is 1.61. The number of methoxy groups -OCH3 is 2. The Labute approximate surface area is 126 Å². The summed E-state index contributed by atoms with van der Waals surface area (Å²) in [6.07, 6.45) is 1.74. The number of anilines is 1. The average Bonchev–Trinajstić information content (AvgIpc) is 2.48. The number of hydrazone groups is 1. The van der Waals surface area contributed by atoms with Gasteiger partial charge >= 0.3 is 0 Å². The second-order valence-corrected chi connectivity index (χ2v) is 4.85. The molecule has 5 heteroatoms. The van der Waals surface area contributed by atoms with Gasteiger partial charge in [0.15, 0.2) is 0 Å². The third-order valence-electron chi connectivity index (χ3n) is 2.67. The maximum atomic E-state index is 5.18. The van der Waals surface area contributed by atoms with E-state index in [1.165, 1.54) is 0 Å². The molecule has 2 rings (SSSR count). The smallest absolute Gasteiger partial charge is 0.133 e. The number of hydrogen-bond donors (Lipinski definition) is 1. The van der Waals surface area contributed by atoms with E-state index in [1.807, 2.05) is 42.5 Å². The minimum absolute atomic E-state index is 0.797. The van der Waals surface area contributed by atoms with E-state index in [1.54, 1.807) is 20.4 Å². The Bertz CT molecular complexity index is 597. The number of nitrogens with one attached hydrogen (secondary N) is 1. The molecule has 0 aromatic heterocycles. The molecule has 0 aliphatic rings. The molecule has 2 aromatic rings. The van der Waals surface area contributed by atoms with Gasteiger partial charge in [-0.15, -0.1) is 0 Å². The molecule has 0 aliphatic heterocycles. The van der Waals surface area contributed by atoms with E-state index in [-0.39, 0.29) is 0 Å². The first-order chi connectivity index (χ1) is 9.72. The van der Waals surface area contributed by atoms with Crippen LogP contribution in [0.25, 0.3) is 0 Å². The molecule has 0 bridgehead atoms. The van der Waals surface area contributed by atoms with Crippen molar-refractivity contribution in [3.8, 4) is 11.5 Å². The van der Waals surface area contributed by atoms with E-state index in [9.17, 15) is 0 Å².